The molecular formula is C17H20N4O3. The molecule has 24 heavy (non-hydrogen) atoms. The molecule has 0 aliphatic carbocycles. The van der Waals surface area contributed by atoms with Gasteiger partial charge in [-0.3, -0.25) is 19.5 Å². The fourth-order valence-corrected chi connectivity index (χ4v) is 2.91. The molecule has 2 aromatic rings. The maximum Gasteiger partial charge on any atom is 0.325 e. The SMILES string of the molecule is C[C@@H](C(=O)NCc1c[nH]c(=O)[nH]c1=O)N1CCc2ccccc2C1. The van der Waals surface area contributed by atoms with Gasteiger partial charge in [-0.15, -0.1) is 0 Å². The Morgan fingerprint density at radius 3 is 2.79 bits per heavy atom. The number of rotatable bonds is 4. The molecule has 0 saturated heterocycles. The predicted molar refractivity (Wildman–Crippen MR) is 89.5 cm³/mol. The minimum Gasteiger partial charge on any atom is -0.350 e. The Labute approximate surface area is 138 Å². The van der Waals surface area contributed by atoms with E-state index >= 15 is 0 Å². The van der Waals surface area contributed by atoms with Crippen molar-refractivity contribution in [3.05, 3.63) is 68.0 Å². The fraction of sp³-hybridized carbons (Fsp3) is 0.353. The first-order valence-corrected chi connectivity index (χ1v) is 7.94. The van der Waals surface area contributed by atoms with E-state index in [-0.39, 0.29) is 18.5 Å². The highest BCUT2D eigenvalue weighted by Crippen LogP contribution is 2.20. The molecule has 1 aromatic heterocycles. The minimum absolute atomic E-state index is 0.0830. The van der Waals surface area contributed by atoms with Crippen molar-refractivity contribution in [1.29, 1.82) is 0 Å². The molecule has 7 heteroatoms. The van der Waals surface area contributed by atoms with Crippen LogP contribution in [0.3, 0.4) is 0 Å². The average molecular weight is 328 g/mol. The largest absolute Gasteiger partial charge is 0.350 e. The molecule has 0 fully saturated rings. The molecule has 0 radical (unpaired) electrons. The lowest BCUT2D eigenvalue weighted by Crippen LogP contribution is -2.47. The van der Waals surface area contributed by atoms with E-state index in [4.69, 9.17) is 0 Å². The molecule has 3 N–H and O–H groups in total. The summed E-state index contributed by atoms with van der Waals surface area (Å²) < 4.78 is 0. The van der Waals surface area contributed by atoms with Crippen molar-refractivity contribution in [2.75, 3.05) is 6.54 Å². The van der Waals surface area contributed by atoms with Gasteiger partial charge in [-0.05, 0) is 24.5 Å². The summed E-state index contributed by atoms with van der Waals surface area (Å²) in [7, 11) is 0. The summed E-state index contributed by atoms with van der Waals surface area (Å²) in [5.41, 5.74) is 1.86. The van der Waals surface area contributed by atoms with Crippen molar-refractivity contribution in [3.63, 3.8) is 0 Å². The number of nitrogens with one attached hydrogen (secondary N) is 3. The highest BCUT2D eigenvalue weighted by Gasteiger charge is 2.25. The maximum absolute atomic E-state index is 12.4. The van der Waals surface area contributed by atoms with Gasteiger partial charge in [0.2, 0.25) is 5.91 Å². The lowest BCUT2D eigenvalue weighted by Gasteiger charge is -2.32. The van der Waals surface area contributed by atoms with Gasteiger partial charge >= 0.3 is 5.69 Å². The van der Waals surface area contributed by atoms with Crippen molar-refractivity contribution in [3.8, 4) is 0 Å². The molecule has 126 valence electrons. The van der Waals surface area contributed by atoms with E-state index < -0.39 is 11.2 Å². The number of carbonyl (C=O) groups excluding carboxylic acids is 1. The van der Waals surface area contributed by atoms with Crippen molar-refractivity contribution < 1.29 is 4.79 Å². The Kier molecular flexibility index (Phi) is 4.61. The van der Waals surface area contributed by atoms with E-state index in [1.807, 2.05) is 19.1 Å². The third-order valence-electron chi connectivity index (χ3n) is 4.44. The molecule has 1 atom stereocenters. The molecule has 1 aromatic carbocycles. The summed E-state index contributed by atoms with van der Waals surface area (Å²) in [5, 5.41) is 2.76. The number of hydrogen-bond donors (Lipinski definition) is 3. The summed E-state index contributed by atoms with van der Waals surface area (Å²) in [4.78, 5) is 41.6. The van der Waals surface area contributed by atoms with Gasteiger partial charge in [-0.1, -0.05) is 24.3 Å². The van der Waals surface area contributed by atoms with Crippen LogP contribution in [0.25, 0.3) is 0 Å². The second-order valence-corrected chi connectivity index (χ2v) is 5.98. The zero-order valence-corrected chi connectivity index (χ0v) is 13.5. The maximum atomic E-state index is 12.4. The zero-order valence-electron chi connectivity index (χ0n) is 13.5. The number of hydrogen-bond acceptors (Lipinski definition) is 4. The van der Waals surface area contributed by atoms with Crippen molar-refractivity contribution in [2.24, 2.45) is 0 Å². The number of H-pyrrole nitrogens is 2. The van der Waals surface area contributed by atoms with Crippen LogP contribution in [0.15, 0.2) is 40.1 Å². The highest BCUT2D eigenvalue weighted by atomic mass is 16.2. The summed E-state index contributed by atoms with van der Waals surface area (Å²) in [6.07, 6.45) is 2.25. The van der Waals surface area contributed by atoms with Crippen LogP contribution in [0.5, 0.6) is 0 Å². The number of amides is 1. The second kappa shape index (κ2) is 6.84. The first-order chi connectivity index (χ1) is 11.5. The van der Waals surface area contributed by atoms with Crippen LogP contribution in [0, 0.1) is 0 Å². The number of carbonyl (C=O) groups is 1. The second-order valence-electron chi connectivity index (χ2n) is 5.98. The first kappa shape index (κ1) is 16.2. The van der Waals surface area contributed by atoms with Gasteiger partial charge in [-0.2, -0.15) is 0 Å². The molecule has 1 aliphatic heterocycles. The number of benzene rings is 1. The van der Waals surface area contributed by atoms with Crippen molar-refractivity contribution in [2.45, 2.75) is 32.5 Å². The molecule has 0 bridgehead atoms. The van der Waals surface area contributed by atoms with E-state index in [1.54, 1.807) is 0 Å². The minimum atomic E-state index is -0.560. The molecule has 0 spiro atoms. The van der Waals surface area contributed by atoms with Gasteiger partial charge in [0.1, 0.15) is 0 Å². The Morgan fingerprint density at radius 1 is 1.29 bits per heavy atom. The lowest BCUT2D eigenvalue weighted by molar-refractivity contribution is -0.126. The quantitative estimate of drug-likeness (QED) is 0.743. The third-order valence-corrected chi connectivity index (χ3v) is 4.44. The Morgan fingerprint density at radius 2 is 2.04 bits per heavy atom. The molecule has 0 saturated carbocycles. The third kappa shape index (κ3) is 3.46. The van der Waals surface area contributed by atoms with E-state index in [1.165, 1.54) is 17.3 Å². The summed E-state index contributed by atoms with van der Waals surface area (Å²) in [6.45, 7) is 3.51. The van der Waals surface area contributed by atoms with Crippen LogP contribution in [-0.2, 0) is 24.3 Å². The van der Waals surface area contributed by atoms with Crippen LogP contribution in [0.1, 0.15) is 23.6 Å². The highest BCUT2D eigenvalue weighted by molar-refractivity contribution is 5.81. The Balaban J connectivity index is 1.61. The molecule has 0 unspecified atom stereocenters. The Bertz CT molecular complexity index is 855. The molecular weight excluding hydrogens is 308 g/mol. The van der Waals surface area contributed by atoms with Crippen LogP contribution in [0.4, 0.5) is 0 Å². The number of aromatic nitrogens is 2. The van der Waals surface area contributed by atoms with Gasteiger partial charge in [0, 0.05) is 25.8 Å². The average Bonchev–Trinajstić information content (AvgIpc) is 2.59. The number of aromatic amines is 2. The first-order valence-electron chi connectivity index (χ1n) is 7.94. The summed E-state index contributed by atoms with van der Waals surface area (Å²) in [5.74, 6) is -0.139. The molecule has 3 rings (SSSR count). The van der Waals surface area contributed by atoms with E-state index in [0.717, 1.165) is 19.5 Å². The predicted octanol–water partition coefficient (Wildman–Crippen LogP) is 0.126. The lowest BCUT2D eigenvalue weighted by atomic mass is 9.99. The smallest absolute Gasteiger partial charge is 0.325 e. The van der Waals surface area contributed by atoms with Crippen LogP contribution in [0.2, 0.25) is 0 Å². The van der Waals surface area contributed by atoms with Gasteiger partial charge in [0.15, 0.2) is 0 Å². The van der Waals surface area contributed by atoms with Crippen LogP contribution < -0.4 is 16.6 Å². The van der Waals surface area contributed by atoms with Crippen molar-refractivity contribution in [1.82, 2.24) is 20.2 Å². The van der Waals surface area contributed by atoms with Gasteiger partial charge in [0.25, 0.3) is 5.56 Å². The van der Waals surface area contributed by atoms with E-state index in [2.05, 4.69) is 32.3 Å². The van der Waals surface area contributed by atoms with E-state index in [0.29, 0.717) is 5.56 Å². The standard InChI is InChI=1S/C17H20N4O3/c1-11(21-7-6-12-4-2-3-5-13(12)10-21)15(22)18-8-14-9-19-17(24)20-16(14)23/h2-5,9,11H,6-8,10H2,1H3,(H,18,22)(H2,19,20,23,24)/t11-/m0/s1. The molecule has 2 heterocycles. The molecule has 1 amide bonds. The molecule has 7 nitrogen and oxygen atoms in total. The van der Waals surface area contributed by atoms with Gasteiger partial charge in [-0.25, -0.2) is 4.79 Å². The topological polar surface area (TPSA) is 98.1 Å². The number of nitrogens with zero attached hydrogens (tertiary/aromatic N) is 1. The van der Waals surface area contributed by atoms with Crippen LogP contribution >= 0.6 is 0 Å². The Hall–Kier alpha value is -2.67. The zero-order chi connectivity index (χ0) is 17.1. The molecule has 1 aliphatic rings. The number of fused-ring (bicyclic) bond motifs is 1. The fourth-order valence-electron chi connectivity index (χ4n) is 2.91. The summed E-state index contributed by atoms with van der Waals surface area (Å²) >= 11 is 0. The normalized spacial score (nSPS) is 15.5. The van der Waals surface area contributed by atoms with Crippen molar-refractivity contribution >= 4 is 5.91 Å². The summed E-state index contributed by atoms with van der Waals surface area (Å²) in [6, 6.07) is 7.97. The van der Waals surface area contributed by atoms with Gasteiger partial charge in [0.05, 0.1) is 11.6 Å². The monoisotopic (exact) mass is 328 g/mol. The van der Waals surface area contributed by atoms with Gasteiger partial charge < -0.3 is 10.3 Å². The van der Waals surface area contributed by atoms with Crippen LogP contribution in [-0.4, -0.2) is 33.4 Å². The van der Waals surface area contributed by atoms with E-state index in [9.17, 15) is 14.4 Å².